The number of hydrogen-bond donors (Lipinski definition) is 1. The topological polar surface area (TPSA) is 84.1 Å². The number of unbranched alkanes of at least 4 members (excludes halogenated alkanes) is 1. The number of likely N-dealkylation sites (tertiary alicyclic amines) is 1. The van der Waals surface area contributed by atoms with Crippen LogP contribution in [-0.4, -0.2) is 45.7 Å². The van der Waals surface area contributed by atoms with Gasteiger partial charge in [0, 0.05) is 18.5 Å². The number of hydrogen-bond acceptors (Lipinski definition) is 4. The molecule has 1 fully saturated rings. The van der Waals surface area contributed by atoms with E-state index in [1.54, 1.807) is 19.9 Å². The molecule has 1 saturated heterocycles. The molecule has 1 amide bonds. The number of aliphatic carboxylic acids is 1. The van der Waals surface area contributed by atoms with Gasteiger partial charge in [-0.05, 0) is 57.2 Å². The summed E-state index contributed by atoms with van der Waals surface area (Å²) in [5.74, 6) is 4.68. The van der Waals surface area contributed by atoms with Gasteiger partial charge in [-0.15, -0.1) is 17.5 Å². The number of nitrogens with zero attached hydrogens (tertiary/aromatic N) is 3. The normalized spacial score (nSPS) is 16.5. The number of amides is 1. The van der Waals surface area contributed by atoms with Gasteiger partial charge >= 0.3 is 22.5 Å². The van der Waals surface area contributed by atoms with Crippen LogP contribution in [0.2, 0.25) is 0 Å². The third kappa shape index (κ3) is 8.39. The van der Waals surface area contributed by atoms with Gasteiger partial charge in [0.05, 0.1) is 17.7 Å². The third-order valence-electron chi connectivity index (χ3n) is 7.28. The Morgan fingerprint density at radius 2 is 1.68 bits per heavy atom. The van der Waals surface area contributed by atoms with Gasteiger partial charge in [0.15, 0.2) is 5.54 Å². The maximum Gasteiger partial charge on any atom is 2.00 e. The van der Waals surface area contributed by atoms with E-state index in [1.165, 1.54) is 5.56 Å². The summed E-state index contributed by atoms with van der Waals surface area (Å²) in [5.41, 5.74) is 2.20. The summed E-state index contributed by atoms with van der Waals surface area (Å²) >= 11 is 0. The molecule has 0 aromatic heterocycles. The molecule has 0 bridgehead atoms. The van der Waals surface area contributed by atoms with E-state index in [9.17, 15) is 14.7 Å². The number of rotatable bonds is 11. The van der Waals surface area contributed by atoms with Crippen molar-refractivity contribution >= 4 is 23.3 Å². The van der Waals surface area contributed by atoms with Crippen molar-refractivity contribution in [3.8, 4) is 11.8 Å². The third-order valence-corrected chi connectivity index (χ3v) is 7.28. The Labute approximate surface area is 253 Å². The van der Waals surface area contributed by atoms with E-state index in [2.05, 4.69) is 34.2 Å². The van der Waals surface area contributed by atoms with Crippen LogP contribution in [-0.2, 0) is 32.6 Å². The van der Waals surface area contributed by atoms with E-state index in [-0.39, 0.29) is 28.4 Å². The Balaban J connectivity index is 0.00000462. The second kappa shape index (κ2) is 15.3. The molecular weight excluding hydrogens is 557 g/mol. The Kier molecular flexibility index (Phi) is 11.9. The molecule has 214 valence electrons. The van der Waals surface area contributed by atoms with Crippen molar-refractivity contribution in [2.75, 3.05) is 6.54 Å². The Morgan fingerprint density at radius 1 is 1.02 bits per heavy atom. The monoisotopic (exact) mass is 592 g/mol. The molecule has 1 unspecified atom stereocenters. The van der Waals surface area contributed by atoms with Crippen molar-refractivity contribution in [2.45, 2.75) is 64.1 Å². The fraction of sp³-hybridized carbons (Fsp3) is 0.324. The van der Waals surface area contributed by atoms with Crippen LogP contribution in [0.4, 0.5) is 5.69 Å². The molecule has 0 aliphatic carbocycles. The minimum atomic E-state index is -1.37. The summed E-state index contributed by atoms with van der Waals surface area (Å²) in [6, 6.07) is 26.7. The quantitative estimate of drug-likeness (QED) is 0.115. The van der Waals surface area contributed by atoms with Crippen LogP contribution >= 0.6 is 0 Å². The standard InChI is InChI=1S/C34H37N3O3.Ni/c1-3-4-5-14-23-34(2,33(39)40)36-31(27-18-10-7-11-19-27)28-20-12-13-21-29(28)35-32(38)30-22-15-24-37(30)25-26-16-8-6-9-17-26;/h6-13,16-21,30H,5,14-15,22-25H2,1-2H3,(H2,35,36,38,39,40);/q;+2/p-1/t30?,34-;/m1./s1. The van der Waals surface area contributed by atoms with E-state index in [0.29, 0.717) is 42.8 Å². The molecule has 2 atom stereocenters. The Hall–Kier alpha value is -3.72. The number of carbonyl (C=O) groups excluding carboxylic acids is 1. The molecule has 3 aromatic rings. The van der Waals surface area contributed by atoms with E-state index < -0.39 is 11.5 Å². The van der Waals surface area contributed by atoms with Gasteiger partial charge in [0.1, 0.15) is 0 Å². The number of benzene rings is 3. The van der Waals surface area contributed by atoms with Crippen LogP contribution in [0.5, 0.6) is 0 Å². The molecule has 4 rings (SSSR count). The summed E-state index contributed by atoms with van der Waals surface area (Å²) in [6.45, 7) is 4.96. The zero-order valence-electron chi connectivity index (χ0n) is 23.5. The number of carboxylic acids is 1. The van der Waals surface area contributed by atoms with Crippen molar-refractivity contribution < 1.29 is 31.2 Å². The number of carboxylic acid groups (broad SMARTS) is 1. The van der Waals surface area contributed by atoms with Crippen molar-refractivity contribution in [3.05, 3.63) is 107 Å². The molecule has 0 saturated carbocycles. The summed E-state index contributed by atoms with van der Waals surface area (Å²) in [7, 11) is 0. The van der Waals surface area contributed by atoms with Crippen LogP contribution in [0.1, 0.15) is 62.6 Å². The fourth-order valence-corrected chi connectivity index (χ4v) is 5.06. The van der Waals surface area contributed by atoms with Crippen LogP contribution < -0.4 is 0 Å². The zero-order valence-corrected chi connectivity index (χ0v) is 24.5. The molecule has 3 aromatic carbocycles. The molecular formula is C34H36N3NiO3+. The average molecular weight is 593 g/mol. The van der Waals surface area contributed by atoms with Gasteiger partial charge < -0.3 is 15.2 Å². The maximum atomic E-state index is 13.6. The molecule has 0 spiro atoms. The Bertz CT molecular complexity index is 1400. The number of carbonyl (C=O) groups is 2. The molecule has 41 heavy (non-hydrogen) atoms. The molecule has 0 radical (unpaired) electrons. The number of para-hydroxylation sites is 1. The first kappa shape index (κ1) is 31.8. The zero-order chi connectivity index (χ0) is 28.4. The maximum absolute atomic E-state index is 13.6. The number of aliphatic imine (C=N–C) groups is 1. The summed E-state index contributed by atoms with van der Waals surface area (Å²) in [5, 5.41) is 14.8. The average Bonchev–Trinajstić information content (AvgIpc) is 3.44. The van der Waals surface area contributed by atoms with E-state index in [0.717, 1.165) is 24.9 Å². The van der Waals surface area contributed by atoms with Crippen molar-refractivity contribution in [2.24, 2.45) is 4.99 Å². The van der Waals surface area contributed by atoms with Crippen molar-refractivity contribution in [1.82, 2.24) is 4.90 Å². The van der Waals surface area contributed by atoms with Gasteiger partial charge in [0.2, 0.25) is 0 Å². The smallest absolute Gasteiger partial charge is 0.625 e. The van der Waals surface area contributed by atoms with Crippen LogP contribution in [0.15, 0.2) is 89.9 Å². The summed E-state index contributed by atoms with van der Waals surface area (Å²) in [4.78, 5) is 33.1. The van der Waals surface area contributed by atoms with Gasteiger partial charge in [-0.25, -0.2) is 4.79 Å². The van der Waals surface area contributed by atoms with Gasteiger partial charge in [0.25, 0.3) is 0 Å². The van der Waals surface area contributed by atoms with Crippen molar-refractivity contribution in [1.29, 1.82) is 0 Å². The Morgan fingerprint density at radius 3 is 2.37 bits per heavy atom. The summed E-state index contributed by atoms with van der Waals surface area (Å²) < 4.78 is 0. The first-order chi connectivity index (χ1) is 19.4. The predicted octanol–water partition coefficient (Wildman–Crippen LogP) is 6.75. The van der Waals surface area contributed by atoms with E-state index >= 15 is 0 Å². The van der Waals surface area contributed by atoms with Gasteiger partial charge in [-0.3, -0.25) is 9.89 Å². The molecule has 1 N–H and O–H groups in total. The van der Waals surface area contributed by atoms with E-state index in [1.807, 2.05) is 66.7 Å². The first-order valence-corrected chi connectivity index (χ1v) is 13.8. The van der Waals surface area contributed by atoms with Gasteiger partial charge in [-0.1, -0.05) is 84.9 Å². The van der Waals surface area contributed by atoms with E-state index in [4.69, 9.17) is 4.99 Å². The first-order valence-electron chi connectivity index (χ1n) is 13.8. The van der Waals surface area contributed by atoms with Crippen LogP contribution in [0.25, 0.3) is 5.32 Å². The van der Waals surface area contributed by atoms with Crippen molar-refractivity contribution in [3.63, 3.8) is 0 Å². The predicted molar refractivity (Wildman–Crippen MR) is 160 cm³/mol. The van der Waals surface area contributed by atoms with Crippen LogP contribution in [0, 0.1) is 11.8 Å². The van der Waals surface area contributed by atoms with Crippen LogP contribution in [0.3, 0.4) is 0 Å². The second-order valence-electron chi connectivity index (χ2n) is 10.3. The SMILES string of the molecule is CC#CCCC[C@@](C)(N=C(c1ccccc1)c1ccccc1[N-]C(=O)C1CCCN1Cc1ccccc1)C(=O)O.[Ni+2]. The molecule has 1 aliphatic rings. The second-order valence-corrected chi connectivity index (χ2v) is 10.3. The largest absolute Gasteiger partial charge is 2.00 e. The molecule has 6 nitrogen and oxygen atoms in total. The molecule has 7 heteroatoms. The molecule has 1 heterocycles. The molecule has 1 aliphatic heterocycles. The minimum Gasteiger partial charge on any atom is -0.625 e. The minimum absolute atomic E-state index is 0. The summed E-state index contributed by atoms with van der Waals surface area (Å²) in [6.07, 6.45) is 3.25. The van der Waals surface area contributed by atoms with Gasteiger partial charge in [-0.2, -0.15) is 0 Å². The fourth-order valence-electron chi connectivity index (χ4n) is 5.06.